The maximum Gasteiger partial charge on any atom is 0.326 e. The van der Waals surface area contributed by atoms with E-state index >= 15 is 0 Å². The summed E-state index contributed by atoms with van der Waals surface area (Å²) in [6.07, 6.45) is 5.65. The van der Waals surface area contributed by atoms with E-state index in [0.29, 0.717) is 18.0 Å². The highest BCUT2D eigenvalue weighted by molar-refractivity contribution is 6.31. The summed E-state index contributed by atoms with van der Waals surface area (Å²) in [6, 6.07) is 16.0. The Bertz CT molecular complexity index is 1070. The number of nitrogens with one attached hydrogen (secondary N) is 1. The van der Waals surface area contributed by atoms with Gasteiger partial charge in [-0.15, -0.1) is 0 Å². The van der Waals surface area contributed by atoms with Crippen LogP contribution in [0.15, 0.2) is 60.8 Å². The van der Waals surface area contributed by atoms with Crippen molar-refractivity contribution in [2.45, 2.75) is 58.0 Å². The number of hydrogen-bond acceptors (Lipinski definition) is 3. The van der Waals surface area contributed by atoms with Crippen molar-refractivity contribution in [3.63, 3.8) is 0 Å². The number of rotatable bonds is 12. The first-order chi connectivity index (χ1) is 16.0. The van der Waals surface area contributed by atoms with Crippen LogP contribution in [0.2, 0.25) is 5.02 Å². The van der Waals surface area contributed by atoms with Gasteiger partial charge in [-0.1, -0.05) is 73.5 Å². The quantitative estimate of drug-likeness (QED) is 0.405. The molecule has 0 aliphatic rings. The molecule has 1 amide bonds. The molecule has 0 bridgehead atoms. The number of carbonyl (C=O) groups excluding carboxylic acids is 1. The van der Waals surface area contributed by atoms with Gasteiger partial charge in [0.2, 0.25) is 5.91 Å². The third-order valence-electron chi connectivity index (χ3n) is 5.59. The van der Waals surface area contributed by atoms with Crippen LogP contribution in [0.5, 0.6) is 0 Å². The molecule has 0 unspecified atom stereocenters. The van der Waals surface area contributed by atoms with Crippen LogP contribution in [0.1, 0.15) is 48.8 Å². The van der Waals surface area contributed by atoms with Gasteiger partial charge in [-0.25, -0.2) is 9.78 Å². The number of halogens is 1. The summed E-state index contributed by atoms with van der Waals surface area (Å²) >= 11 is 6.38. The van der Waals surface area contributed by atoms with Gasteiger partial charge >= 0.3 is 5.97 Å². The molecule has 174 valence electrons. The predicted molar refractivity (Wildman–Crippen MR) is 129 cm³/mol. The average molecular weight is 468 g/mol. The lowest BCUT2D eigenvalue weighted by Gasteiger charge is -2.16. The van der Waals surface area contributed by atoms with Crippen molar-refractivity contribution in [1.82, 2.24) is 14.9 Å². The molecule has 1 atom stereocenters. The topological polar surface area (TPSA) is 84.2 Å². The predicted octanol–water partition coefficient (Wildman–Crippen LogP) is 4.67. The lowest BCUT2D eigenvalue weighted by Crippen LogP contribution is -2.42. The molecule has 6 nitrogen and oxygen atoms in total. The Labute approximate surface area is 199 Å². The number of unbranched alkanes of at least 4 members (excludes halogenated alkanes) is 1. The Balaban J connectivity index is 1.67. The molecule has 3 aromatic rings. The monoisotopic (exact) mass is 467 g/mol. The van der Waals surface area contributed by atoms with Crippen LogP contribution in [0.3, 0.4) is 0 Å². The molecule has 0 aliphatic carbocycles. The van der Waals surface area contributed by atoms with Crippen molar-refractivity contribution < 1.29 is 14.7 Å². The smallest absolute Gasteiger partial charge is 0.326 e. The second-order valence-corrected chi connectivity index (χ2v) is 8.50. The van der Waals surface area contributed by atoms with Crippen molar-refractivity contribution in [1.29, 1.82) is 0 Å². The molecule has 0 saturated carbocycles. The first-order valence-electron chi connectivity index (χ1n) is 11.3. The van der Waals surface area contributed by atoms with Crippen molar-refractivity contribution in [2.75, 3.05) is 0 Å². The van der Waals surface area contributed by atoms with Gasteiger partial charge in [0.25, 0.3) is 0 Å². The van der Waals surface area contributed by atoms with Crippen LogP contribution in [-0.2, 0) is 35.4 Å². The number of carbonyl (C=O) groups is 2. The molecule has 2 N–H and O–H groups in total. The summed E-state index contributed by atoms with van der Waals surface area (Å²) in [7, 11) is 0. The van der Waals surface area contributed by atoms with Gasteiger partial charge in [0.05, 0.1) is 6.54 Å². The number of nitrogens with zero attached hydrogens (tertiary/aromatic N) is 2. The number of hydrogen-bond donors (Lipinski definition) is 2. The van der Waals surface area contributed by atoms with Crippen LogP contribution >= 0.6 is 11.6 Å². The van der Waals surface area contributed by atoms with Gasteiger partial charge in [0, 0.05) is 36.2 Å². The minimum Gasteiger partial charge on any atom is -0.480 e. The van der Waals surface area contributed by atoms with Crippen molar-refractivity contribution in [2.24, 2.45) is 0 Å². The molecule has 33 heavy (non-hydrogen) atoms. The summed E-state index contributed by atoms with van der Waals surface area (Å²) in [5, 5.41) is 12.9. The standard InChI is InChI=1S/C26H30ClN3O3/c1-2-3-13-24-28-17-21(30(24)18-20-11-7-8-12-22(20)27)14-15-25(31)29-23(26(32)33)16-19-9-5-4-6-10-19/h4-12,17,23H,2-3,13-16,18H2,1H3,(H,29,31)(H,32,33)/t23-/m0/s1. The molecule has 0 radical (unpaired) electrons. The molecule has 0 aliphatic heterocycles. The maximum absolute atomic E-state index is 12.6. The first-order valence-corrected chi connectivity index (χ1v) is 11.7. The number of carboxylic acids is 1. The second-order valence-electron chi connectivity index (χ2n) is 8.09. The fourth-order valence-electron chi connectivity index (χ4n) is 3.74. The normalized spacial score (nSPS) is 11.8. The number of imidazole rings is 1. The van der Waals surface area contributed by atoms with Gasteiger partial charge in [-0.2, -0.15) is 0 Å². The Kier molecular flexibility index (Phi) is 9.07. The molecule has 3 rings (SSSR count). The first kappa shape index (κ1) is 24.5. The van der Waals surface area contributed by atoms with Crippen LogP contribution in [0.4, 0.5) is 0 Å². The summed E-state index contributed by atoms with van der Waals surface area (Å²) in [5.41, 5.74) is 2.80. The zero-order valence-electron chi connectivity index (χ0n) is 18.8. The molecule has 0 saturated heterocycles. The molecule has 1 heterocycles. The van der Waals surface area contributed by atoms with E-state index in [-0.39, 0.29) is 18.7 Å². The number of benzene rings is 2. The van der Waals surface area contributed by atoms with Crippen LogP contribution in [-0.4, -0.2) is 32.6 Å². The minimum absolute atomic E-state index is 0.181. The summed E-state index contributed by atoms with van der Waals surface area (Å²) in [6.45, 7) is 2.72. The fourth-order valence-corrected chi connectivity index (χ4v) is 3.93. The van der Waals surface area contributed by atoms with Crippen LogP contribution < -0.4 is 5.32 Å². The Morgan fingerprint density at radius 3 is 2.52 bits per heavy atom. The lowest BCUT2D eigenvalue weighted by atomic mass is 10.1. The van der Waals surface area contributed by atoms with E-state index in [1.165, 1.54) is 0 Å². The van der Waals surface area contributed by atoms with E-state index in [1.54, 1.807) is 0 Å². The number of carboxylic acid groups (broad SMARTS) is 1. The number of aryl methyl sites for hydroxylation is 2. The average Bonchev–Trinajstić information content (AvgIpc) is 3.19. The van der Waals surface area contributed by atoms with E-state index < -0.39 is 12.0 Å². The zero-order valence-corrected chi connectivity index (χ0v) is 19.6. The molecule has 7 heteroatoms. The fraction of sp³-hybridized carbons (Fsp3) is 0.346. The summed E-state index contributed by atoms with van der Waals surface area (Å²) in [5.74, 6) is -0.364. The van der Waals surface area contributed by atoms with Crippen molar-refractivity contribution in [3.05, 3.63) is 88.5 Å². The van der Waals surface area contributed by atoms with Crippen molar-refractivity contribution >= 4 is 23.5 Å². The van der Waals surface area contributed by atoms with Crippen LogP contribution in [0.25, 0.3) is 0 Å². The maximum atomic E-state index is 12.6. The Hall–Kier alpha value is -3.12. The van der Waals surface area contributed by atoms with Gasteiger partial charge in [-0.3, -0.25) is 4.79 Å². The molecular weight excluding hydrogens is 438 g/mol. The lowest BCUT2D eigenvalue weighted by molar-refractivity contribution is -0.141. The summed E-state index contributed by atoms with van der Waals surface area (Å²) in [4.78, 5) is 28.9. The Morgan fingerprint density at radius 1 is 1.09 bits per heavy atom. The molecule has 2 aromatic carbocycles. The number of aliphatic carboxylic acids is 1. The zero-order chi connectivity index (χ0) is 23.6. The van der Waals surface area contributed by atoms with E-state index in [9.17, 15) is 14.7 Å². The molecule has 0 spiro atoms. The van der Waals surface area contributed by atoms with Crippen LogP contribution in [0, 0.1) is 0 Å². The van der Waals surface area contributed by atoms with Crippen molar-refractivity contribution in [3.8, 4) is 0 Å². The third-order valence-corrected chi connectivity index (χ3v) is 5.95. The highest BCUT2D eigenvalue weighted by Gasteiger charge is 2.21. The molecule has 0 fully saturated rings. The van der Waals surface area contributed by atoms with Gasteiger partial charge in [0.15, 0.2) is 0 Å². The largest absolute Gasteiger partial charge is 0.480 e. The highest BCUT2D eigenvalue weighted by atomic mass is 35.5. The number of amides is 1. The van der Waals surface area contributed by atoms with Gasteiger partial charge in [-0.05, 0) is 30.0 Å². The molecular formula is C26H30ClN3O3. The Morgan fingerprint density at radius 2 is 1.82 bits per heavy atom. The van der Waals surface area contributed by atoms with E-state index in [0.717, 1.165) is 41.9 Å². The minimum atomic E-state index is -1.04. The van der Waals surface area contributed by atoms with Gasteiger partial charge in [0.1, 0.15) is 11.9 Å². The van der Waals surface area contributed by atoms with E-state index in [4.69, 9.17) is 11.6 Å². The SMILES string of the molecule is CCCCc1ncc(CCC(=O)N[C@@H](Cc2ccccc2)C(=O)O)n1Cc1ccccc1Cl. The van der Waals surface area contributed by atoms with E-state index in [1.807, 2.05) is 60.8 Å². The molecule has 1 aromatic heterocycles. The summed E-state index contributed by atoms with van der Waals surface area (Å²) < 4.78 is 2.13. The highest BCUT2D eigenvalue weighted by Crippen LogP contribution is 2.20. The third kappa shape index (κ3) is 7.19. The van der Waals surface area contributed by atoms with Gasteiger partial charge < -0.3 is 15.0 Å². The van der Waals surface area contributed by atoms with E-state index in [2.05, 4.69) is 21.8 Å². The number of aromatic nitrogens is 2. The second kappa shape index (κ2) is 12.2.